The number of amides is 1. The van der Waals surface area contributed by atoms with Crippen molar-refractivity contribution in [3.05, 3.63) is 47.1 Å². The molecule has 1 aromatic carbocycles. The number of thiophene rings is 1. The van der Waals surface area contributed by atoms with Crippen LogP contribution in [-0.2, 0) is 11.3 Å². The minimum Gasteiger partial charge on any atom is -0.335 e. The van der Waals surface area contributed by atoms with E-state index in [9.17, 15) is 9.18 Å². The third-order valence-corrected chi connectivity index (χ3v) is 4.76. The summed E-state index contributed by atoms with van der Waals surface area (Å²) in [5.41, 5.74) is 0.612. The Hall–Kier alpha value is -1.72. The lowest BCUT2D eigenvalue weighted by Crippen LogP contribution is -2.37. The van der Waals surface area contributed by atoms with Crippen molar-refractivity contribution in [2.75, 3.05) is 13.6 Å². The van der Waals surface area contributed by atoms with Crippen molar-refractivity contribution in [3.8, 4) is 10.4 Å². The molecule has 0 atom stereocenters. The molecule has 0 spiro atoms. The van der Waals surface area contributed by atoms with Gasteiger partial charge in [0, 0.05) is 34.3 Å². The molecular formula is C18H23FN2OS. The highest BCUT2D eigenvalue weighted by Crippen LogP contribution is 2.30. The SMILES string of the molecule is CNCCC(=O)N(Cc1ccc(-c2ccccc2F)s1)C(C)C. The molecule has 0 radical (unpaired) electrons. The second kappa shape index (κ2) is 8.22. The fourth-order valence-corrected chi connectivity index (χ4v) is 3.40. The first kappa shape index (κ1) is 17.6. The van der Waals surface area contributed by atoms with Gasteiger partial charge in [0.25, 0.3) is 0 Å². The molecule has 1 amide bonds. The van der Waals surface area contributed by atoms with E-state index in [4.69, 9.17) is 0 Å². The van der Waals surface area contributed by atoms with Crippen LogP contribution < -0.4 is 5.32 Å². The van der Waals surface area contributed by atoms with Crippen LogP contribution in [0.1, 0.15) is 25.1 Å². The number of nitrogens with one attached hydrogen (secondary N) is 1. The summed E-state index contributed by atoms with van der Waals surface area (Å²) in [6.45, 7) is 5.28. The van der Waals surface area contributed by atoms with E-state index in [-0.39, 0.29) is 17.8 Å². The lowest BCUT2D eigenvalue weighted by molar-refractivity contribution is -0.133. The highest BCUT2D eigenvalue weighted by molar-refractivity contribution is 7.15. The fraction of sp³-hybridized carbons (Fsp3) is 0.389. The molecule has 124 valence electrons. The summed E-state index contributed by atoms with van der Waals surface area (Å²) in [6, 6.07) is 10.8. The van der Waals surface area contributed by atoms with Crippen molar-refractivity contribution in [2.24, 2.45) is 0 Å². The third-order valence-electron chi connectivity index (χ3n) is 3.66. The van der Waals surface area contributed by atoms with Gasteiger partial charge in [0.2, 0.25) is 5.91 Å². The molecule has 0 aliphatic heterocycles. The largest absolute Gasteiger partial charge is 0.335 e. The highest BCUT2D eigenvalue weighted by atomic mass is 32.1. The standard InChI is InChI=1S/C18H23FN2OS/c1-13(2)21(18(22)10-11-20-3)12-14-8-9-17(23-14)15-6-4-5-7-16(15)19/h4-9,13,20H,10-12H2,1-3H3. The van der Waals surface area contributed by atoms with Crippen LogP contribution in [0.3, 0.4) is 0 Å². The second-order valence-electron chi connectivity index (χ2n) is 5.71. The van der Waals surface area contributed by atoms with Crippen LogP contribution >= 0.6 is 11.3 Å². The Morgan fingerprint density at radius 2 is 2.00 bits per heavy atom. The molecule has 5 heteroatoms. The molecule has 2 aromatic rings. The molecular weight excluding hydrogens is 311 g/mol. The van der Waals surface area contributed by atoms with Crippen LogP contribution in [-0.4, -0.2) is 30.4 Å². The van der Waals surface area contributed by atoms with Crippen LogP contribution in [0, 0.1) is 5.82 Å². The van der Waals surface area contributed by atoms with E-state index in [1.54, 1.807) is 12.1 Å². The van der Waals surface area contributed by atoms with Gasteiger partial charge in [0.15, 0.2) is 0 Å². The number of benzene rings is 1. The van der Waals surface area contributed by atoms with Crippen molar-refractivity contribution in [1.29, 1.82) is 0 Å². The number of carbonyl (C=O) groups excluding carboxylic acids is 1. The molecule has 0 bridgehead atoms. The van der Waals surface area contributed by atoms with E-state index >= 15 is 0 Å². The van der Waals surface area contributed by atoms with Gasteiger partial charge in [-0.05, 0) is 39.1 Å². The maximum absolute atomic E-state index is 13.9. The molecule has 2 rings (SSSR count). The van der Waals surface area contributed by atoms with Crippen LogP contribution in [0.4, 0.5) is 4.39 Å². The summed E-state index contributed by atoms with van der Waals surface area (Å²) < 4.78 is 13.9. The summed E-state index contributed by atoms with van der Waals surface area (Å²) >= 11 is 1.54. The molecule has 0 saturated carbocycles. The minimum atomic E-state index is -0.216. The number of hydrogen-bond acceptors (Lipinski definition) is 3. The molecule has 1 N–H and O–H groups in total. The Labute approximate surface area is 141 Å². The van der Waals surface area contributed by atoms with Gasteiger partial charge in [-0.2, -0.15) is 0 Å². The monoisotopic (exact) mass is 334 g/mol. The van der Waals surface area contributed by atoms with Crippen LogP contribution in [0.5, 0.6) is 0 Å². The zero-order valence-corrected chi connectivity index (χ0v) is 14.6. The van der Waals surface area contributed by atoms with E-state index in [2.05, 4.69) is 5.32 Å². The summed E-state index contributed by atoms with van der Waals surface area (Å²) in [7, 11) is 1.84. The van der Waals surface area contributed by atoms with Gasteiger partial charge in [-0.1, -0.05) is 18.2 Å². The normalized spacial score (nSPS) is 11.0. The van der Waals surface area contributed by atoms with Crippen molar-refractivity contribution in [3.63, 3.8) is 0 Å². The number of carbonyl (C=O) groups is 1. The van der Waals surface area contributed by atoms with Gasteiger partial charge < -0.3 is 10.2 Å². The van der Waals surface area contributed by atoms with Gasteiger partial charge in [0.1, 0.15) is 5.82 Å². The predicted octanol–water partition coefficient (Wildman–Crippen LogP) is 3.90. The molecule has 0 aliphatic rings. The summed E-state index contributed by atoms with van der Waals surface area (Å²) in [5.74, 6) is -0.0816. The zero-order valence-electron chi connectivity index (χ0n) is 13.8. The Morgan fingerprint density at radius 1 is 1.26 bits per heavy atom. The Morgan fingerprint density at radius 3 is 2.65 bits per heavy atom. The maximum atomic E-state index is 13.9. The van der Waals surface area contributed by atoms with E-state index in [1.807, 2.05) is 44.0 Å². The highest BCUT2D eigenvalue weighted by Gasteiger charge is 2.18. The van der Waals surface area contributed by atoms with Gasteiger partial charge in [-0.25, -0.2) is 4.39 Å². The van der Waals surface area contributed by atoms with E-state index in [0.717, 1.165) is 9.75 Å². The van der Waals surface area contributed by atoms with Gasteiger partial charge in [-0.3, -0.25) is 4.79 Å². The Kier molecular flexibility index (Phi) is 6.30. The number of rotatable bonds is 7. The topological polar surface area (TPSA) is 32.3 Å². The van der Waals surface area contributed by atoms with Crippen LogP contribution in [0.2, 0.25) is 0 Å². The first-order valence-electron chi connectivity index (χ1n) is 7.80. The first-order valence-corrected chi connectivity index (χ1v) is 8.62. The quantitative estimate of drug-likeness (QED) is 0.833. The van der Waals surface area contributed by atoms with E-state index < -0.39 is 0 Å². The second-order valence-corrected chi connectivity index (χ2v) is 6.88. The first-order chi connectivity index (χ1) is 11.0. The molecule has 0 fully saturated rings. The molecule has 1 aromatic heterocycles. The van der Waals surface area contributed by atoms with Gasteiger partial charge >= 0.3 is 0 Å². The molecule has 0 unspecified atom stereocenters. The fourth-order valence-electron chi connectivity index (χ4n) is 2.37. The summed E-state index contributed by atoms with van der Waals surface area (Å²) in [6.07, 6.45) is 0.486. The van der Waals surface area contributed by atoms with Crippen LogP contribution in [0.15, 0.2) is 36.4 Å². The lowest BCUT2D eigenvalue weighted by Gasteiger charge is -2.26. The van der Waals surface area contributed by atoms with Gasteiger partial charge in [-0.15, -0.1) is 11.3 Å². The molecule has 0 aliphatic carbocycles. The van der Waals surface area contributed by atoms with Crippen molar-refractivity contribution < 1.29 is 9.18 Å². The average Bonchev–Trinajstić information content (AvgIpc) is 2.99. The Bertz CT molecular complexity index is 654. The summed E-state index contributed by atoms with van der Waals surface area (Å²) in [5, 5.41) is 3.00. The molecule has 0 saturated heterocycles. The number of nitrogens with zero attached hydrogens (tertiary/aromatic N) is 1. The van der Waals surface area contributed by atoms with Crippen LogP contribution in [0.25, 0.3) is 10.4 Å². The minimum absolute atomic E-state index is 0.134. The lowest BCUT2D eigenvalue weighted by atomic mass is 10.2. The number of hydrogen-bond donors (Lipinski definition) is 1. The third kappa shape index (κ3) is 4.62. The predicted molar refractivity (Wildman–Crippen MR) is 93.9 cm³/mol. The van der Waals surface area contributed by atoms with E-state index in [0.29, 0.717) is 25.1 Å². The average molecular weight is 334 g/mol. The smallest absolute Gasteiger partial charge is 0.224 e. The van der Waals surface area contributed by atoms with Gasteiger partial charge in [0.05, 0.1) is 6.54 Å². The molecule has 1 heterocycles. The molecule has 3 nitrogen and oxygen atoms in total. The van der Waals surface area contributed by atoms with Crippen molar-refractivity contribution >= 4 is 17.2 Å². The molecule has 23 heavy (non-hydrogen) atoms. The number of halogens is 1. The van der Waals surface area contributed by atoms with Crippen molar-refractivity contribution in [2.45, 2.75) is 32.9 Å². The summed E-state index contributed by atoms with van der Waals surface area (Å²) in [4.78, 5) is 16.1. The van der Waals surface area contributed by atoms with Crippen molar-refractivity contribution in [1.82, 2.24) is 10.2 Å². The zero-order chi connectivity index (χ0) is 16.8. The van der Waals surface area contributed by atoms with E-state index in [1.165, 1.54) is 17.4 Å². The maximum Gasteiger partial charge on any atom is 0.224 e. The Balaban J connectivity index is 2.13.